The molecule has 0 spiro atoms. The average Bonchev–Trinajstić information content (AvgIpc) is 2.78. The molecule has 0 aliphatic rings. The Morgan fingerprint density at radius 3 is 1.86 bits per heavy atom. The van der Waals surface area contributed by atoms with E-state index < -0.39 is 0 Å². The Morgan fingerprint density at radius 2 is 1.17 bits per heavy atom. The molecule has 0 aliphatic heterocycles. The zero-order chi connectivity index (χ0) is 20.3. The van der Waals surface area contributed by atoms with Gasteiger partial charge in [0.1, 0.15) is 0 Å². The van der Waals surface area contributed by atoms with Crippen LogP contribution >= 0.6 is 0 Å². The van der Waals surface area contributed by atoms with Crippen molar-refractivity contribution in [3.8, 4) is 22.5 Å². The Bertz CT molecular complexity index is 850. The van der Waals surface area contributed by atoms with Gasteiger partial charge in [-0.05, 0) is 47.9 Å². The molecule has 0 aliphatic carbocycles. The number of rotatable bonds is 11. The van der Waals surface area contributed by atoms with Gasteiger partial charge in [-0.1, -0.05) is 94.5 Å². The minimum atomic E-state index is 0.810. The quantitative estimate of drug-likeness (QED) is 0.316. The van der Waals surface area contributed by atoms with E-state index in [1.807, 2.05) is 12.4 Å². The van der Waals surface area contributed by atoms with Gasteiger partial charge in [-0.2, -0.15) is 0 Å². The van der Waals surface area contributed by atoms with Crippen molar-refractivity contribution in [3.05, 3.63) is 72.1 Å². The van der Waals surface area contributed by atoms with Gasteiger partial charge in [0.05, 0.1) is 0 Å². The molecule has 0 radical (unpaired) electrons. The van der Waals surface area contributed by atoms with E-state index >= 15 is 0 Å². The molecule has 0 saturated carbocycles. The van der Waals surface area contributed by atoms with Crippen LogP contribution in [-0.4, -0.2) is 9.97 Å². The zero-order valence-corrected chi connectivity index (χ0v) is 18.0. The molecule has 2 heteroatoms. The third-order valence-electron chi connectivity index (χ3n) is 5.53. The van der Waals surface area contributed by atoms with Gasteiger partial charge in [0.2, 0.25) is 0 Å². The Balaban J connectivity index is 1.73. The van der Waals surface area contributed by atoms with Crippen molar-refractivity contribution in [3.63, 3.8) is 0 Å². The summed E-state index contributed by atoms with van der Waals surface area (Å²) in [5.41, 5.74) is 6.18. The molecule has 1 heterocycles. The second kappa shape index (κ2) is 11.5. The highest BCUT2D eigenvalue weighted by Crippen LogP contribution is 2.30. The molecular weight excluding hydrogens is 352 g/mol. The van der Waals surface area contributed by atoms with Gasteiger partial charge in [0.25, 0.3) is 0 Å². The summed E-state index contributed by atoms with van der Waals surface area (Å²) in [6, 6.07) is 17.5. The van der Waals surface area contributed by atoms with Crippen LogP contribution in [0, 0.1) is 0 Å². The summed E-state index contributed by atoms with van der Waals surface area (Å²) in [4.78, 5) is 9.38. The molecule has 0 amide bonds. The number of unbranched alkanes of at least 4 members (excludes halogenated alkanes) is 5. The Kier molecular flexibility index (Phi) is 8.42. The first kappa shape index (κ1) is 21.2. The monoisotopic (exact) mass is 386 g/mol. The molecule has 3 aromatic rings. The summed E-state index contributed by atoms with van der Waals surface area (Å²) >= 11 is 0. The van der Waals surface area contributed by atoms with Gasteiger partial charge in [-0.25, -0.2) is 9.97 Å². The molecule has 0 N–H and O–H groups in total. The summed E-state index contributed by atoms with van der Waals surface area (Å²) in [5, 5.41) is 0. The molecule has 0 saturated heterocycles. The molecule has 2 aromatic carbocycles. The van der Waals surface area contributed by atoms with Crippen molar-refractivity contribution >= 4 is 0 Å². The Hall–Kier alpha value is -2.48. The predicted molar refractivity (Wildman–Crippen MR) is 124 cm³/mol. The topological polar surface area (TPSA) is 25.8 Å². The zero-order valence-electron chi connectivity index (χ0n) is 18.0. The highest BCUT2D eigenvalue weighted by atomic mass is 14.9. The maximum absolute atomic E-state index is 4.69. The van der Waals surface area contributed by atoms with Crippen LogP contribution in [0.5, 0.6) is 0 Å². The van der Waals surface area contributed by atoms with Crippen LogP contribution in [0.25, 0.3) is 22.5 Å². The summed E-state index contributed by atoms with van der Waals surface area (Å²) in [7, 11) is 0. The first-order valence-corrected chi connectivity index (χ1v) is 11.3. The van der Waals surface area contributed by atoms with Gasteiger partial charge in [-0.15, -0.1) is 0 Å². The molecule has 2 nitrogen and oxygen atoms in total. The van der Waals surface area contributed by atoms with Crippen LogP contribution in [0.2, 0.25) is 0 Å². The van der Waals surface area contributed by atoms with Gasteiger partial charge in [-0.3, -0.25) is 0 Å². The second-order valence-corrected chi connectivity index (χ2v) is 7.93. The molecule has 0 unspecified atom stereocenters. The average molecular weight is 387 g/mol. The van der Waals surface area contributed by atoms with Crippen molar-refractivity contribution in [2.45, 2.75) is 71.6 Å². The van der Waals surface area contributed by atoms with E-state index in [9.17, 15) is 0 Å². The highest BCUT2D eigenvalue weighted by Gasteiger charge is 2.09. The predicted octanol–water partition coefficient (Wildman–Crippen LogP) is 7.67. The third-order valence-corrected chi connectivity index (χ3v) is 5.53. The SMILES string of the molecule is CCCCCCc1cnc(-c2ccccc2-c2ccc(CCCCC)cc2)nc1. The molecular formula is C27H34N2. The lowest BCUT2D eigenvalue weighted by atomic mass is 9.97. The van der Waals surface area contributed by atoms with E-state index in [1.165, 1.54) is 73.6 Å². The number of aromatic nitrogens is 2. The number of benzene rings is 2. The number of aryl methyl sites for hydroxylation is 2. The van der Waals surface area contributed by atoms with E-state index in [4.69, 9.17) is 9.97 Å². The standard InChI is InChI=1S/C27H34N2/c1-3-5-7-9-13-23-20-28-27(29-21-23)26-15-11-10-14-25(26)24-18-16-22(17-19-24)12-8-6-4-2/h10-11,14-21H,3-9,12-13H2,1-2H3. The summed E-state index contributed by atoms with van der Waals surface area (Å²) in [6.45, 7) is 4.50. The summed E-state index contributed by atoms with van der Waals surface area (Å²) in [6.07, 6.45) is 15.2. The lowest BCUT2D eigenvalue weighted by Crippen LogP contribution is -1.95. The highest BCUT2D eigenvalue weighted by molar-refractivity contribution is 5.80. The molecule has 152 valence electrons. The van der Waals surface area contributed by atoms with E-state index in [2.05, 4.69) is 62.4 Å². The van der Waals surface area contributed by atoms with Crippen LogP contribution in [-0.2, 0) is 12.8 Å². The van der Waals surface area contributed by atoms with E-state index in [1.54, 1.807) is 0 Å². The molecule has 1 aromatic heterocycles. The minimum Gasteiger partial charge on any atom is -0.236 e. The lowest BCUT2D eigenvalue weighted by molar-refractivity contribution is 0.665. The number of hydrogen-bond donors (Lipinski definition) is 0. The smallest absolute Gasteiger partial charge is 0.159 e. The van der Waals surface area contributed by atoms with Crippen LogP contribution < -0.4 is 0 Å². The first-order valence-electron chi connectivity index (χ1n) is 11.3. The van der Waals surface area contributed by atoms with Gasteiger partial charge in [0, 0.05) is 18.0 Å². The third kappa shape index (κ3) is 6.25. The number of hydrogen-bond acceptors (Lipinski definition) is 2. The molecule has 0 bridgehead atoms. The van der Waals surface area contributed by atoms with E-state index in [0.717, 1.165) is 17.8 Å². The maximum Gasteiger partial charge on any atom is 0.159 e. The second-order valence-electron chi connectivity index (χ2n) is 7.93. The molecule has 3 rings (SSSR count). The van der Waals surface area contributed by atoms with Crippen LogP contribution in [0.3, 0.4) is 0 Å². The summed E-state index contributed by atoms with van der Waals surface area (Å²) in [5.74, 6) is 0.810. The van der Waals surface area contributed by atoms with Crippen LogP contribution in [0.1, 0.15) is 69.9 Å². The normalized spacial score (nSPS) is 11.0. The van der Waals surface area contributed by atoms with Crippen LogP contribution in [0.4, 0.5) is 0 Å². The fourth-order valence-electron chi connectivity index (χ4n) is 3.74. The largest absolute Gasteiger partial charge is 0.236 e. The van der Waals surface area contributed by atoms with Crippen molar-refractivity contribution < 1.29 is 0 Å². The van der Waals surface area contributed by atoms with Crippen molar-refractivity contribution in [1.29, 1.82) is 0 Å². The first-order chi connectivity index (χ1) is 14.3. The van der Waals surface area contributed by atoms with E-state index in [0.29, 0.717) is 0 Å². The molecule has 0 atom stereocenters. The minimum absolute atomic E-state index is 0.810. The van der Waals surface area contributed by atoms with Crippen LogP contribution in [0.15, 0.2) is 60.9 Å². The van der Waals surface area contributed by atoms with Gasteiger partial charge < -0.3 is 0 Å². The summed E-state index contributed by atoms with van der Waals surface area (Å²) < 4.78 is 0. The van der Waals surface area contributed by atoms with Crippen molar-refractivity contribution in [1.82, 2.24) is 9.97 Å². The maximum atomic E-state index is 4.69. The lowest BCUT2D eigenvalue weighted by Gasteiger charge is -2.10. The van der Waals surface area contributed by atoms with Crippen molar-refractivity contribution in [2.75, 3.05) is 0 Å². The van der Waals surface area contributed by atoms with Crippen molar-refractivity contribution in [2.24, 2.45) is 0 Å². The Labute approximate surface area is 176 Å². The Morgan fingerprint density at radius 1 is 0.586 bits per heavy atom. The fraction of sp³-hybridized carbons (Fsp3) is 0.407. The van der Waals surface area contributed by atoms with Gasteiger partial charge >= 0.3 is 0 Å². The van der Waals surface area contributed by atoms with Gasteiger partial charge in [0.15, 0.2) is 5.82 Å². The molecule has 29 heavy (non-hydrogen) atoms. The molecule has 0 fully saturated rings. The number of nitrogens with zero attached hydrogens (tertiary/aromatic N) is 2. The fourth-order valence-corrected chi connectivity index (χ4v) is 3.74. The van der Waals surface area contributed by atoms with E-state index in [-0.39, 0.29) is 0 Å².